The molecule has 2 aromatic rings. The Labute approximate surface area is 174 Å². The van der Waals surface area contributed by atoms with E-state index in [-0.39, 0.29) is 29.2 Å². The van der Waals surface area contributed by atoms with Gasteiger partial charge in [-0.05, 0) is 24.5 Å². The Kier molecular flexibility index (Phi) is 5.45. The molecule has 0 radical (unpaired) electrons. The molecule has 1 saturated heterocycles. The van der Waals surface area contributed by atoms with Crippen LogP contribution in [0, 0.1) is 5.92 Å². The Hall–Kier alpha value is -2.61. The molecule has 0 spiro atoms. The molecule has 1 N–H and O–H groups in total. The average molecular weight is 417 g/mol. The number of anilines is 1. The third kappa shape index (κ3) is 3.94. The molecule has 1 aromatic carbocycles. The van der Waals surface area contributed by atoms with Gasteiger partial charge in [0.25, 0.3) is 11.8 Å². The van der Waals surface area contributed by atoms with Gasteiger partial charge in [-0.25, -0.2) is 4.68 Å². The number of carbonyl (C=O) groups is 2. The first-order valence-electron chi connectivity index (χ1n) is 9.97. The lowest BCUT2D eigenvalue weighted by Gasteiger charge is -2.36. The second-order valence-corrected chi connectivity index (χ2v) is 8.41. The van der Waals surface area contributed by atoms with Crippen molar-refractivity contribution < 1.29 is 9.59 Å². The second-order valence-electron chi connectivity index (χ2n) is 8.00. The van der Waals surface area contributed by atoms with Gasteiger partial charge in [0, 0.05) is 32.2 Å². The number of para-hydroxylation sites is 1. The third-order valence-electron chi connectivity index (χ3n) is 5.40. The molecule has 154 valence electrons. The van der Waals surface area contributed by atoms with Crippen LogP contribution in [-0.2, 0) is 6.54 Å². The van der Waals surface area contributed by atoms with Crippen LogP contribution in [-0.4, -0.2) is 63.9 Å². The van der Waals surface area contributed by atoms with Gasteiger partial charge >= 0.3 is 0 Å². The fourth-order valence-electron chi connectivity index (χ4n) is 4.03. The van der Waals surface area contributed by atoms with E-state index in [1.807, 2.05) is 24.3 Å². The molecule has 0 saturated carbocycles. The van der Waals surface area contributed by atoms with E-state index < -0.39 is 0 Å². The van der Waals surface area contributed by atoms with Crippen molar-refractivity contribution in [2.75, 3.05) is 31.1 Å². The summed E-state index contributed by atoms with van der Waals surface area (Å²) in [4.78, 5) is 29.5. The molecule has 1 aromatic heterocycles. The molecule has 2 amide bonds. The number of piperazine rings is 1. The Balaban J connectivity index is 1.45. The van der Waals surface area contributed by atoms with Crippen molar-refractivity contribution in [1.29, 1.82) is 0 Å². The van der Waals surface area contributed by atoms with Crippen LogP contribution in [0.2, 0.25) is 5.02 Å². The van der Waals surface area contributed by atoms with Gasteiger partial charge in [0.15, 0.2) is 11.4 Å². The van der Waals surface area contributed by atoms with E-state index in [0.29, 0.717) is 43.7 Å². The van der Waals surface area contributed by atoms with Crippen molar-refractivity contribution in [2.45, 2.75) is 32.9 Å². The summed E-state index contributed by atoms with van der Waals surface area (Å²) >= 11 is 6.29. The van der Waals surface area contributed by atoms with E-state index in [2.05, 4.69) is 34.4 Å². The van der Waals surface area contributed by atoms with Crippen LogP contribution >= 0.6 is 11.6 Å². The van der Waals surface area contributed by atoms with Crippen LogP contribution < -0.4 is 10.2 Å². The summed E-state index contributed by atoms with van der Waals surface area (Å²) < 4.78 is 1.57. The van der Waals surface area contributed by atoms with Gasteiger partial charge in [-0.1, -0.05) is 42.8 Å². The summed E-state index contributed by atoms with van der Waals surface area (Å²) in [5, 5.41) is 11.8. The minimum absolute atomic E-state index is 0.0128. The van der Waals surface area contributed by atoms with Crippen LogP contribution in [0.4, 0.5) is 5.69 Å². The molecule has 9 heteroatoms. The number of amides is 2. The van der Waals surface area contributed by atoms with Gasteiger partial charge in [0.1, 0.15) is 0 Å². The smallest absolute Gasteiger partial charge is 0.277 e. The number of aromatic nitrogens is 3. The molecule has 2 aliphatic heterocycles. The molecule has 0 aliphatic carbocycles. The van der Waals surface area contributed by atoms with E-state index >= 15 is 0 Å². The van der Waals surface area contributed by atoms with Crippen molar-refractivity contribution in [3.05, 3.63) is 40.7 Å². The first-order chi connectivity index (χ1) is 13.9. The van der Waals surface area contributed by atoms with Gasteiger partial charge in [-0.15, -0.1) is 5.10 Å². The van der Waals surface area contributed by atoms with Crippen molar-refractivity contribution >= 4 is 29.1 Å². The third-order valence-corrected chi connectivity index (χ3v) is 5.72. The summed E-state index contributed by atoms with van der Waals surface area (Å²) in [7, 11) is 0. The highest BCUT2D eigenvalue weighted by atomic mass is 35.5. The molecule has 4 rings (SSSR count). The number of benzene rings is 1. The van der Waals surface area contributed by atoms with Crippen molar-refractivity contribution in [3.63, 3.8) is 0 Å². The van der Waals surface area contributed by atoms with E-state index in [1.54, 1.807) is 9.58 Å². The lowest BCUT2D eigenvalue weighted by atomic mass is 10.0. The maximum atomic E-state index is 13.0. The summed E-state index contributed by atoms with van der Waals surface area (Å²) in [5.41, 5.74) is 1.37. The number of nitrogens with one attached hydrogen (secondary N) is 1. The molecule has 0 unspecified atom stereocenters. The van der Waals surface area contributed by atoms with Gasteiger partial charge in [0.2, 0.25) is 0 Å². The van der Waals surface area contributed by atoms with Crippen molar-refractivity contribution in [1.82, 2.24) is 25.2 Å². The summed E-state index contributed by atoms with van der Waals surface area (Å²) in [6.45, 7) is 7.17. The molecular formula is C20H25ClN6O2. The van der Waals surface area contributed by atoms with Gasteiger partial charge < -0.3 is 15.1 Å². The van der Waals surface area contributed by atoms with Crippen LogP contribution in [0.1, 0.15) is 41.2 Å². The van der Waals surface area contributed by atoms with E-state index in [0.717, 1.165) is 12.1 Å². The molecule has 3 heterocycles. The zero-order valence-corrected chi connectivity index (χ0v) is 17.4. The standard InChI is InChI=1S/C20H25ClN6O2/c1-13(2)11-14-12-27-18(19(28)22-14)17(23-24-27)20(29)26-9-7-25(8-10-26)16-6-4-3-5-15(16)21/h3-6,13-14H,7-12H2,1-2H3,(H,22,28)/t14-/m0/s1. The van der Waals surface area contributed by atoms with E-state index in [4.69, 9.17) is 11.6 Å². The molecule has 1 fully saturated rings. The zero-order valence-electron chi connectivity index (χ0n) is 16.6. The van der Waals surface area contributed by atoms with Crippen LogP contribution in [0.5, 0.6) is 0 Å². The van der Waals surface area contributed by atoms with Crippen LogP contribution in [0.25, 0.3) is 0 Å². The predicted molar refractivity (Wildman–Crippen MR) is 110 cm³/mol. The first kappa shape index (κ1) is 19.7. The van der Waals surface area contributed by atoms with Crippen molar-refractivity contribution in [2.24, 2.45) is 5.92 Å². The average Bonchev–Trinajstić information content (AvgIpc) is 3.12. The Bertz CT molecular complexity index is 919. The monoisotopic (exact) mass is 416 g/mol. The van der Waals surface area contributed by atoms with Gasteiger partial charge in [-0.2, -0.15) is 0 Å². The topological polar surface area (TPSA) is 83.4 Å². The fraction of sp³-hybridized carbons (Fsp3) is 0.500. The maximum Gasteiger partial charge on any atom is 0.277 e. The molecule has 8 nitrogen and oxygen atoms in total. The van der Waals surface area contributed by atoms with Gasteiger partial charge in [0.05, 0.1) is 17.3 Å². The quantitative estimate of drug-likeness (QED) is 0.824. The maximum absolute atomic E-state index is 13.0. The molecular weight excluding hydrogens is 392 g/mol. The minimum atomic E-state index is -0.273. The number of halogens is 1. The Morgan fingerprint density at radius 2 is 1.97 bits per heavy atom. The van der Waals surface area contributed by atoms with Gasteiger partial charge in [-0.3, -0.25) is 9.59 Å². The lowest BCUT2D eigenvalue weighted by molar-refractivity contribution is 0.0730. The summed E-state index contributed by atoms with van der Waals surface area (Å²) in [5.74, 6) is -0.0617. The molecule has 2 aliphatic rings. The number of hydrogen-bond acceptors (Lipinski definition) is 5. The molecule has 1 atom stereocenters. The van der Waals surface area contributed by atoms with E-state index in [1.165, 1.54) is 0 Å². The fourth-order valence-corrected chi connectivity index (χ4v) is 4.28. The van der Waals surface area contributed by atoms with Crippen molar-refractivity contribution in [3.8, 4) is 0 Å². The van der Waals surface area contributed by atoms with E-state index in [9.17, 15) is 9.59 Å². The highest BCUT2D eigenvalue weighted by Crippen LogP contribution is 2.26. The second kappa shape index (κ2) is 8.02. The summed E-state index contributed by atoms with van der Waals surface area (Å²) in [6, 6.07) is 7.71. The number of hydrogen-bond donors (Lipinski definition) is 1. The number of fused-ring (bicyclic) bond motifs is 1. The Morgan fingerprint density at radius 3 is 2.66 bits per heavy atom. The zero-order chi connectivity index (χ0) is 20.5. The summed E-state index contributed by atoms with van der Waals surface area (Å²) in [6.07, 6.45) is 0.859. The highest BCUT2D eigenvalue weighted by molar-refractivity contribution is 6.33. The molecule has 29 heavy (non-hydrogen) atoms. The number of rotatable bonds is 4. The Morgan fingerprint density at radius 1 is 1.24 bits per heavy atom. The SMILES string of the molecule is CC(C)C[C@H]1Cn2nnc(C(=O)N3CCN(c4ccccc4Cl)CC3)c2C(=O)N1. The number of carbonyl (C=O) groups excluding carboxylic acids is 2. The highest BCUT2D eigenvalue weighted by Gasteiger charge is 2.34. The van der Waals surface area contributed by atoms with Crippen LogP contribution in [0.3, 0.4) is 0 Å². The predicted octanol–water partition coefficient (Wildman–Crippen LogP) is 2.05. The van der Waals surface area contributed by atoms with Crippen LogP contribution in [0.15, 0.2) is 24.3 Å². The minimum Gasteiger partial charge on any atom is -0.367 e. The normalized spacial score (nSPS) is 19.3. The first-order valence-corrected chi connectivity index (χ1v) is 10.3. The number of nitrogens with zero attached hydrogens (tertiary/aromatic N) is 5. The lowest BCUT2D eigenvalue weighted by Crippen LogP contribution is -2.50. The molecule has 0 bridgehead atoms. The largest absolute Gasteiger partial charge is 0.367 e.